The van der Waals surface area contributed by atoms with Crippen LogP contribution in [0.25, 0.3) is 0 Å². The van der Waals surface area contributed by atoms with E-state index in [-0.39, 0.29) is 11.7 Å². The first kappa shape index (κ1) is 11.8. The number of pyridine rings is 1. The summed E-state index contributed by atoms with van der Waals surface area (Å²) in [6.07, 6.45) is 1.45. The summed E-state index contributed by atoms with van der Waals surface area (Å²) in [4.78, 5) is 17.4. The van der Waals surface area contributed by atoms with E-state index < -0.39 is 0 Å². The monoisotopic (exact) mass is 227 g/mol. The molecule has 0 aliphatic heterocycles. The number of hydrogen-bond donors (Lipinski definition) is 1. The number of carbonyl (C=O) groups excluding carboxylic acids is 1. The van der Waals surface area contributed by atoms with Crippen LogP contribution in [-0.2, 0) is 0 Å². The number of amides is 1. The van der Waals surface area contributed by atoms with Crippen molar-refractivity contribution < 1.29 is 4.79 Å². The van der Waals surface area contributed by atoms with Crippen LogP contribution in [0.2, 0.25) is 5.02 Å². The number of nitrogens with zero attached hydrogens (tertiary/aromatic N) is 2. The Labute approximate surface area is 94.0 Å². The van der Waals surface area contributed by atoms with E-state index in [0.29, 0.717) is 23.7 Å². The van der Waals surface area contributed by atoms with Gasteiger partial charge in [-0.15, -0.1) is 0 Å². The maximum atomic E-state index is 11.9. The average Bonchev–Trinajstić information content (AvgIpc) is 2.23. The zero-order valence-electron chi connectivity index (χ0n) is 8.83. The lowest BCUT2D eigenvalue weighted by Gasteiger charge is -2.18. The van der Waals surface area contributed by atoms with Crippen LogP contribution in [0.4, 0.5) is 5.82 Å². The molecule has 1 amide bonds. The molecular formula is C10H14ClN3O. The minimum atomic E-state index is -0.0746. The van der Waals surface area contributed by atoms with Gasteiger partial charge in [-0.1, -0.05) is 11.6 Å². The molecule has 0 aliphatic rings. The molecule has 82 valence electrons. The van der Waals surface area contributed by atoms with Gasteiger partial charge in [-0.2, -0.15) is 0 Å². The van der Waals surface area contributed by atoms with Gasteiger partial charge in [-0.25, -0.2) is 4.98 Å². The van der Waals surface area contributed by atoms with E-state index >= 15 is 0 Å². The number of halogens is 1. The quantitative estimate of drug-likeness (QED) is 0.857. The molecule has 15 heavy (non-hydrogen) atoms. The second-order valence-electron chi connectivity index (χ2n) is 3.07. The predicted molar refractivity (Wildman–Crippen MR) is 60.9 cm³/mol. The van der Waals surface area contributed by atoms with Crippen molar-refractivity contribution in [3.05, 3.63) is 22.8 Å². The van der Waals surface area contributed by atoms with E-state index in [4.69, 9.17) is 17.3 Å². The number of nitrogen functional groups attached to an aromatic ring is 1. The van der Waals surface area contributed by atoms with Gasteiger partial charge in [0.05, 0.1) is 10.6 Å². The lowest BCUT2D eigenvalue weighted by Crippen LogP contribution is -2.30. The molecule has 0 atom stereocenters. The van der Waals surface area contributed by atoms with Gasteiger partial charge in [0.15, 0.2) is 0 Å². The molecule has 0 unspecified atom stereocenters. The topological polar surface area (TPSA) is 59.2 Å². The first-order valence-electron chi connectivity index (χ1n) is 4.80. The molecule has 5 heteroatoms. The normalized spacial score (nSPS) is 10.1. The summed E-state index contributed by atoms with van der Waals surface area (Å²) in [6, 6.07) is 1.55. The second-order valence-corrected chi connectivity index (χ2v) is 3.48. The van der Waals surface area contributed by atoms with Gasteiger partial charge in [0, 0.05) is 19.3 Å². The zero-order valence-corrected chi connectivity index (χ0v) is 9.58. The third-order valence-electron chi connectivity index (χ3n) is 2.17. The summed E-state index contributed by atoms with van der Waals surface area (Å²) in [6.45, 7) is 5.18. The van der Waals surface area contributed by atoms with Crippen LogP contribution in [0, 0.1) is 0 Å². The highest BCUT2D eigenvalue weighted by Gasteiger charge is 2.13. The molecular weight excluding hydrogens is 214 g/mol. The van der Waals surface area contributed by atoms with Gasteiger partial charge in [0.25, 0.3) is 5.91 Å². The van der Waals surface area contributed by atoms with Gasteiger partial charge in [-0.05, 0) is 19.9 Å². The third kappa shape index (κ3) is 2.59. The number of carbonyl (C=O) groups is 1. The number of rotatable bonds is 3. The summed E-state index contributed by atoms with van der Waals surface area (Å²) in [5.41, 5.74) is 5.93. The summed E-state index contributed by atoms with van der Waals surface area (Å²) in [5, 5.41) is 0.313. The Morgan fingerprint density at radius 2 is 2.13 bits per heavy atom. The molecule has 0 spiro atoms. The standard InChI is InChI=1S/C10H14ClN3O/c1-3-14(4-2)10(15)7-5-8(11)9(12)13-6-7/h5-6H,3-4H2,1-2H3,(H2,12,13). The maximum Gasteiger partial charge on any atom is 0.255 e. The van der Waals surface area contributed by atoms with Gasteiger partial charge in [0.1, 0.15) is 5.82 Å². The zero-order chi connectivity index (χ0) is 11.4. The van der Waals surface area contributed by atoms with Crippen molar-refractivity contribution in [1.82, 2.24) is 9.88 Å². The molecule has 0 radical (unpaired) electrons. The fourth-order valence-electron chi connectivity index (χ4n) is 1.26. The van der Waals surface area contributed by atoms with Crippen molar-refractivity contribution in [1.29, 1.82) is 0 Å². The largest absolute Gasteiger partial charge is 0.382 e. The van der Waals surface area contributed by atoms with E-state index in [9.17, 15) is 4.79 Å². The summed E-state index contributed by atoms with van der Waals surface area (Å²) >= 11 is 5.79. The van der Waals surface area contributed by atoms with Crippen LogP contribution in [0.1, 0.15) is 24.2 Å². The highest BCUT2D eigenvalue weighted by Crippen LogP contribution is 2.17. The molecule has 0 aromatic carbocycles. The fourth-order valence-corrected chi connectivity index (χ4v) is 1.43. The number of anilines is 1. The molecule has 2 N–H and O–H groups in total. The van der Waals surface area contributed by atoms with Crippen molar-refractivity contribution in [3.8, 4) is 0 Å². The minimum absolute atomic E-state index is 0.0746. The molecule has 4 nitrogen and oxygen atoms in total. The lowest BCUT2D eigenvalue weighted by molar-refractivity contribution is 0.0772. The van der Waals surface area contributed by atoms with E-state index in [1.807, 2.05) is 13.8 Å². The maximum absolute atomic E-state index is 11.9. The van der Waals surface area contributed by atoms with Crippen LogP contribution in [-0.4, -0.2) is 28.9 Å². The third-order valence-corrected chi connectivity index (χ3v) is 2.47. The second kappa shape index (κ2) is 4.98. The summed E-state index contributed by atoms with van der Waals surface area (Å²) in [7, 11) is 0. The van der Waals surface area contributed by atoms with Crippen LogP contribution in [0.15, 0.2) is 12.3 Å². The Hall–Kier alpha value is -1.29. The Balaban J connectivity index is 2.96. The van der Waals surface area contributed by atoms with E-state index in [1.165, 1.54) is 6.20 Å². The van der Waals surface area contributed by atoms with Crippen molar-refractivity contribution in [3.63, 3.8) is 0 Å². The van der Waals surface area contributed by atoms with Crippen molar-refractivity contribution in [2.75, 3.05) is 18.8 Å². The first-order chi connectivity index (χ1) is 7.10. The van der Waals surface area contributed by atoms with Crippen LogP contribution in [0.5, 0.6) is 0 Å². The van der Waals surface area contributed by atoms with E-state index in [0.717, 1.165) is 0 Å². The molecule has 1 aromatic heterocycles. The Morgan fingerprint density at radius 1 is 1.53 bits per heavy atom. The van der Waals surface area contributed by atoms with Crippen molar-refractivity contribution in [2.45, 2.75) is 13.8 Å². The molecule has 1 heterocycles. The fraction of sp³-hybridized carbons (Fsp3) is 0.400. The summed E-state index contributed by atoms with van der Waals surface area (Å²) in [5.74, 6) is 0.169. The highest BCUT2D eigenvalue weighted by atomic mass is 35.5. The Bertz CT molecular complexity index is 364. The van der Waals surface area contributed by atoms with Crippen LogP contribution in [0.3, 0.4) is 0 Å². The van der Waals surface area contributed by atoms with Gasteiger partial charge in [0.2, 0.25) is 0 Å². The van der Waals surface area contributed by atoms with Crippen LogP contribution < -0.4 is 5.73 Å². The minimum Gasteiger partial charge on any atom is -0.382 e. The van der Waals surface area contributed by atoms with E-state index in [2.05, 4.69) is 4.98 Å². The molecule has 0 saturated heterocycles. The number of aromatic nitrogens is 1. The SMILES string of the molecule is CCN(CC)C(=O)c1cnc(N)c(Cl)c1. The molecule has 0 bridgehead atoms. The molecule has 0 saturated carbocycles. The number of hydrogen-bond acceptors (Lipinski definition) is 3. The van der Waals surface area contributed by atoms with Gasteiger partial charge >= 0.3 is 0 Å². The number of nitrogens with two attached hydrogens (primary N) is 1. The van der Waals surface area contributed by atoms with Gasteiger partial charge < -0.3 is 10.6 Å². The van der Waals surface area contributed by atoms with E-state index in [1.54, 1.807) is 11.0 Å². The lowest BCUT2D eigenvalue weighted by atomic mass is 10.2. The Morgan fingerprint density at radius 3 is 2.60 bits per heavy atom. The highest BCUT2D eigenvalue weighted by molar-refractivity contribution is 6.33. The van der Waals surface area contributed by atoms with Crippen molar-refractivity contribution >= 4 is 23.3 Å². The summed E-state index contributed by atoms with van der Waals surface area (Å²) < 4.78 is 0. The average molecular weight is 228 g/mol. The Kier molecular flexibility index (Phi) is 3.91. The smallest absolute Gasteiger partial charge is 0.255 e. The molecule has 0 aliphatic carbocycles. The molecule has 0 fully saturated rings. The van der Waals surface area contributed by atoms with Crippen molar-refractivity contribution in [2.24, 2.45) is 0 Å². The molecule has 1 rings (SSSR count). The van der Waals surface area contributed by atoms with Crippen LogP contribution >= 0.6 is 11.6 Å². The van der Waals surface area contributed by atoms with Gasteiger partial charge in [-0.3, -0.25) is 4.79 Å². The predicted octanol–water partition coefficient (Wildman–Crippen LogP) is 1.80. The first-order valence-corrected chi connectivity index (χ1v) is 5.18. The molecule has 1 aromatic rings.